The van der Waals surface area contributed by atoms with Gasteiger partial charge in [-0.1, -0.05) is 47.5 Å². The summed E-state index contributed by atoms with van der Waals surface area (Å²) in [6.45, 7) is 14.7. The Morgan fingerprint density at radius 2 is 1.96 bits per heavy atom. The van der Waals surface area contributed by atoms with Crippen LogP contribution in [-0.4, -0.2) is 40.8 Å². The maximum atomic E-state index is 12.5. The normalized spacial score (nSPS) is 28.6. The van der Waals surface area contributed by atoms with Gasteiger partial charge in [0.25, 0.3) is 5.56 Å². The highest BCUT2D eigenvalue weighted by atomic mass is 28.4. The average Bonchev–Trinajstić information content (AvgIpc) is 2.85. The fourth-order valence-corrected chi connectivity index (χ4v) is 4.75. The van der Waals surface area contributed by atoms with Gasteiger partial charge in [0.1, 0.15) is 12.2 Å². The first-order valence-electron chi connectivity index (χ1n) is 10.2. The third kappa shape index (κ3) is 4.35. The Morgan fingerprint density at radius 3 is 2.46 bits per heavy atom. The minimum absolute atomic E-state index is 0.0614. The van der Waals surface area contributed by atoms with Crippen molar-refractivity contribution in [1.29, 1.82) is 0 Å². The molecule has 1 aromatic heterocycles. The molecule has 0 aromatic carbocycles. The molecule has 1 unspecified atom stereocenters. The average molecular weight is 413 g/mol. The number of nitrogens with zero attached hydrogens (tertiary/aromatic N) is 1. The molecule has 0 aliphatic carbocycles. The molecule has 7 nitrogen and oxygen atoms in total. The van der Waals surface area contributed by atoms with Crippen molar-refractivity contribution >= 4 is 8.32 Å². The van der Waals surface area contributed by atoms with Gasteiger partial charge in [0.2, 0.25) is 0 Å². The summed E-state index contributed by atoms with van der Waals surface area (Å²) in [5.41, 5.74) is -1.80. The first-order valence-corrected chi connectivity index (χ1v) is 13.1. The van der Waals surface area contributed by atoms with Crippen molar-refractivity contribution in [2.24, 2.45) is 0 Å². The minimum Gasteiger partial charge on any atom is -0.407 e. The zero-order valence-corrected chi connectivity index (χ0v) is 19.2. The van der Waals surface area contributed by atoms with Crippen LogP contribution < -0.4 is 11.2 Å². The van der Waals surface area contributed by atoms with Crippen molar-refractivity contribution in [3.8, 4) is 0 Å². The SMILES string of the molecule is CCCC[C@]1(CC)O[C@@H](n2ccc(=O)[nH]c2=O)C(O[Si](C)(C)C(C)(C)C)[C@H]1O. The third-order valence-electron chi connectivity index (χ3n) is 6.40. The monoisotopic (exact) mass is 412 g/mol. The lowest BCUT2D eigenvalue weighted by Crippen LogP contribution is -2.51. The van der Waals surface area contributed by atoms with Gasteiger partial charge in [0, 0.05) is 12.3 Å². The lowest BCUT2D eigenvalue weighted by molar-refractivity contribution is -0.112. The van der Waals surface area contributed by atoms with Crippen LogP contribution in [0.5, 0.6) is 0 Å². The smallest absolute Gasteiger partial charge is 0.330 e. The zero-order chi connectivity index (χ0) is 21.3. The highest BCUT2D eigenvalue weighted by Crippen LogP contribution is 2.47. The summed E-state index contributed by atoms with van der Waals surface area (Å²) in [7, 11) is -2.25. The van der Waals surface area contributed by atoms with Crippen LogP contribution in [0, 0.1) is 0 Å². The molecule has 4 atom stereocenters. The van der Waals surface area contributed by atoms with Gasteiger partial charge in [0.15, 0.2) is 14.5 Å². The van der Waals surface area contributed by atoms with Crippen molar-refractivity contribution < 1.29 is 14.3 Å². The summed E-state index contributed by atoms with van der Waals surface area (Å²) in [5, 5.41) is 11.3. The Balaban J connectivity index is 2.51. The van der Waals surface area contributed by atoms with E-state index in [1.165, 1.54) is 16.8 Å². The molecule has 0 radical (unpaired) electrons. The molecular weight excluding hydrogens is 376 g/mol. The van der Waals surface area contributed by atoms with E-state index in [0.717, 1.165) is 12.8 Å². The number of aromatic nitrogens is 2. The Morgan fingerprint density at radius 1 is 1.32 bits per heavy atom. The van der Waals surface area contributed by atoms with Gasteiger partial charge < -0.3 is 14.3 Å². The predicted octanol–water partition coefficient (Wildman–Crippen LogP) is 3.16. The van der Waals surface area contributed by atoms with Gasteiger partial charge in [-0.3, -0.25) is 14.3 Å². The van der Waals surface area contributed by atoms with Crippen LogP contribution in [0.1, 0.15) is 66.5 Å². The van der Waals surface area contributed by atoms with Crippen LogP contribution >= 0.6 is 0 Å². The van der Waals surface area contributed by atoms with E-state index in [4.69, 9.17) is 9.16 Å². The zero-order valence-electron chi connectivity index (χ0n) is 18.2. The quantitative estimate of drug-likeness (QED) is 0.671. The number of hydrogen-bond donors (Lipinski definition) is 2. The molecule has 2 heterocycles. The first kappa shape index (κ1) is 23.1. The molecule has 0 amide bonds. The summed E-state index contributed by atoms with van der Waals surface area (Å²) >= 11 is 0. The number of nitrogens with one attached hydrogen (secondary N) is 1. The van der Waals surface area contributed by atoms with E-state index in [2.05, 4.69) is 45.8 Å². The number of hydrogen-bond acceptors (Lipinski definition) is 5. The van der Waals surface area contributed by atoms with E-state index in [9.17, 15) is 14.7 Å². The Labute approximate surface area is 168 Å². The lowest BCUT2D eigenvalue weighted by Gasteiger charge is -2.40. The van der Waals surface area contributed by atoms with Crippen molar-refractivity contribution in [2.75, 3.05) is 0 Å². The number of H-pyrrole nitrogens is 1. The van der Waals surface area contributed by atoms with Gasteiger partial charge in [0.05, 0.1) is 5.60 Å². The van der Waals surface area contributed by atoms with Crippen molar-refractivity contribution in [3.05, 3.63) is 33.1 Å². The topological polar surface area (TPSA) is 93.6 Å². The van der Waals surface area contributed by atoms with Crippen LogP contribution in [-0.2, 0) is 9.16 Å². The van der Waals surface area contributed by atoms with Gasteiger partial charge in [-0.25, -0.2) is 4.79 Å². The van der Waals surface area contributed by atoms with E-state index in [1.54, 1.807) is 0 Å². The number of aliphatic hydroxyl groups excluding tert-OH is 1. The molecule has 1 aliphatic heterocycles. The maximum absolute atomic E-state index is 12.5. The van der Waals surface area contributed by atoms with E-state index in [-0.39, 0.29) is 5.04 Å². The molecule has 28 heavy (non-hydrogen) atoms. The number of rotatable bonds is 7. The van der Waals surface area contributed by atoms with Crippen molar-refractivity contribution in [3.63, 3.8) is 0 Å². The Kier molecular flexibility index (Phi) is 6.80. The molecule has 1 aliphatic rings. The molecule has 1 fully saturated rings. The van der Waals surface area contributed by atoms with Crippen LogP contribution in [0.3, 0.4) is 0 Å². The molecule has 0 spiro atoms. The summed E-state index contributed by atoms with van der Waals surface area (Å²) in [6, 6.07) is 1.29. The molecule has 1 saturated heterocycles. The molecule has 0 saturated carbocycles. The summed E-state index contributed by atoms with van der Waals surface area (Å²) in [6.07, 6.45) is 2.28. The van der Waals surface area contributed by atoms with Gasteiger partial charge in [-0.05, 0) is 31.0 Å². The van der Waals surface area contributed by atoms with Crippen molar-refractivity contribution in [1.82, 2.24) is 9.55 Å². The second-order valence-electron chi connectivity index (χ2n) is 9.34. The molecule has 1 aromatic rings. The maximum Gasteiger partial charge on any atom is 0.330 e. The Bertz CT molecular complexity index is 782. The second-order valence-corrected chi connectivity index (χ2v) is 14.1. The molecular formula is C20H36N2O5Si. The predicted molar refractivity (Wildman–Crippen MR) is 112 cm³/mol. The van der Waals surface area contributed by atoms with Gasteiger partial charge in [-0.15, -0.1) is 0 Å². The van der Waals surface area contributed by atoms with E-state index in [1.807, 2.05) is 6.92 Å². The molecule has 2 rings (SSSR count). The van der Waals surface area contributed by atoms with Crippen LogP contribution in [0.4, 0.5) is 0 Å². The van der Waals surface area contributed by atoms with Crippen LogP contribution in [0.15, 0.2) is 21.9 Å². The van der Waals surface area contributed by atoms with E-state index < -0.39 is 43.6 Å². The minimum atomic E-state index is -2.25. The van der Waals surface area contributed by atoms with E-state index in [0.29, 0.717) is 12.8 Å². The van der Waals surface area contributed by atoms with Crippen LogP contribution in [0.2, 0.25) is 18.1 Å². The molecule has 160 valence electrons. The van der Waals surface area contributed by atoms with Gasteiger partial charge >= 0.3 is 5.69 Å². The lowest BCUT2D eigenvalue weighted by atomic mass is 9.87. The standard InChI is InChI=1S/C20H36N2O5Si/c1-8-10-12-20(9-2)16(24)15(27-28(6,7)19(3,4)5)17(26-20)22-13-11-14(23)21-18(22)25/h11,13,15-17,24H,8-10,12H2,1-7H3,(H,21,23,25)/t15?,16-,17-,20+/m1/s1. The fraction of sp³-hybridized carbons (Fsp3) is 0.800. The fourth-order valence-electron chi connectivity index (χ4n) is 3.47. The number of unbranched alkanes of at least 4 members (excludes halogenated alkanes) is 1. The first-order chi connectivity index (χ1) is 12.9. The van der Waals surface area contributed by atoms with Crippen LogP contribution in [0.25, 0.3) is 0 Å². The third-order valence-corrected chi connectivity index (χ3v) is 10.9. The van der Waals surface area contributed by atoms with Gasteiger partial charge in [-0.2, -0.15) is 0 Å². The second kappa shape index (κ2) is 8.26. The Hall–Kier alpha value is -1.22. The summed E-state index contributed by atoms with van der Waals surface area (Å²) < 4.78 is 14.3. The highest BCUT2D eigenvalue weighted by Gasteiger charge is 2.56. The summed E-state index contributed by atoms with van der Waals surface area (Å²) in [4.78, 5) is 26.2. The molecule has 8 heteroatoms. The molecule has 2 N–H and O–H groups in total. The largest absolute Gasteiger partial charge is 0.407 e. The highest BCUT2D eigenvalue weighted by molar-refractivity contribution is 6.74. The van der Waals surface area contributed by atoms with Crippen molar-refractivity contribution in [2.45, 2.75) is 102 Å². The molecule has 0 bridgehead atoms. The summed E-state index contributed by atoms with van der Waals surface area (Å²) in [5.74, 6) is 0. The number of aliphatic hydroxyl groups is 1. The number of aromatic amines is 1. The number of ether oxygens (including phenoxy) is 1. The van der Waals surface area contributed by atoms with E-state index >= 15 is 0 Å².